The number of aromatic hydroxyl groups is 1. The second kappa shape index (κ2) is 28.2. The van der Waals surface area contributed by atoms with E-state index in [1.807, 2.05) is 107 Å². The highest BCUT2D eigenvalue weighted by atomic mass is 35.5. The molecule has 386 valence electrons. The summed E-state index contributed by atoms with van der Waals surface area (Å²) in [5.74, 6) is 1.78. The molecule has 72 heavy (non-hydrogen) atoms. The summed E-state index contributed by atoms with van der Waals surface area (Å²) in [5, 5.41) is 43.1. The van der Waals surface area contributed by atoms with Crippen molar-refractivity contribution in [2.75, 3.05) is 14.2 Å². The highest BCUT2D eigenvalue weighted by Gasteiger charge is 2.17. The number of aliphatic carboxylic acids is 1. The Morgan fingerprint density at radius 1 is 0.472 bits per heavy atom. The third kappa shape index (κ3) is 18.5. The highest BCUT2D eigenvalue weighted by molar-refractivity contribution is 6.32. The number of carbonyl (C=O) groups excluding carboxylic acids is 2. The molecule has 0 saturated carbocycles. The van der Waals surface area contributed by atoms with Gasteiger partial charge in [0.1, 0.15) is 17.2 Å². The zero-order chi connectivity index (χ0) is 54.1. The molecule has 0 saturated heterocycles. The Hall–Kier alpha value is -6.13. The number of rotatable bonds is 13. The molecule has 15 nitrogen and oxygen atoms in total. The van der Waals surface area contributed by atoms with Gasteiger partial charge in [-0.2, -0.15) is 0 Å². The fraction of sp³-hybridized carbons (Fsp3) is 0.377. The standard InChI is InChI=1S/C18H21ClN2O3.C17H19ClN2O3.C11H14O3.C7H8Cl2N2/c1-10(2)14-9-15(20-21-18(14)19)24-17-11(3)6-13(7-12(17)4)8-16(22)23-5;1-9(2)13-8-14(19-20-17(13)18)23-16-10(3)5-12(6-11(16)4)7-15(21)22;1-7-4-9(6-10(12)14-3)5-8(2)11(7)13;1-4(2)5-3-6(8)10-11-7(5)9/h6-7,9-10H,8H2,1-5H3;5-6,8-9H,7H2,1-4H3,(H,21,22);4-5,13H,6H2,1-3H3;3-4H,1-2H3. The average Bonchev–Trinajstić information content (AvgIpc) is 3.30. The summed E-state index contributed by atoms with van der Waals surface area (Å²) >= 11 is 23.5. The summed E-state index contributed by atoms with van der Waals surface area (Å²) in [4.78, 5) is 33.3. The molecule has 0 aliphatic heterocycles. The van der Waals surface area contributed by atoms with Gasteiger partial charge in [-0.25, -0.2) is 0 Å². The molecule has 0 unspecified atom stereocenters. The topological polar surface area (TPSA) is 206 Å². The Balaban J connectivity index is 0.000000265. The number of nitrogens with zero attached hydrogens (tertiary/aromatic N) is 6. The molecule has 19 heteroatoms. The monoisotopic (exact) mass is 1070 g/mol. The Morgan fingerprint density at radius 3 is 1.08 bits per heavy atom. The lowest BCUT2D eigenvalue weighted by Gasteiger charge is -2.14. The van der Waals surface area contributed by atoms with Gasteiger partial charge >= 0.3 is 17.9 Å². The van der Waals surface area contributed by atoms with Crippen LogP contribution in [0.4, 0.5) is 0 Å². The minimum absolute atomic E-state index is 0.0137. The second-order valence-corrected chi connectivity index (χ2v) is 19.2. The van der Waals surface area contributed by atoms with Gasteiger partial charge in [0.2, 0.25) is 11.8 Å². The van der Waals surface area contributed by atoms with E-state index in [4.69, 9.17) is 65.7 Å². The van der Waals surface area contributed by atoms with Crippen molar-refractivity contribution >= 4 is 64.3 Å². The van der Waals surface area contributed by atoms with Crippen LogP contribution in [0.5, 0.6) is 29.0 Å². The van der Waals surface area contributed by atoms with Crippen LogP contribution in [0.15, 0.2) is 54.6 Å². The molecule has 3 aromatic heterocycles. The summed E-state index contributed by atoms with van der Waals surface area (Å²) in [6.45, 7) is 23.4. The quantitative estimate of drug-likeness (QED) is 0.103. The van der Waals surface area contributed by atoms with E-state index >= 15 is 0 Å². The van der Waals surface area contributed by atoms with Crippen LogP contribution in [0.2, 0.25) is 20.6 Å². The lowest BCUT2D eigenvalue weighted by Crippen LogP contribution is -2.05. The molecule has 0 aliphatic carbocycles. The maximum Gasteiger partial charge on any atom is 0.309 e. The molecule has 0 atom stereocenters. The largest absolute Gasteiger partial charge is 0.507 e. The van der Waals surface area contributed by atoms with Crippen molar-refractivity contribution in [1.29, 1.82) is 0 Å². The molecule has 6 aromatic rings. The zero-order valence-electron chi connectivity index (χ0n) is 43.0. The number of ether oxygens (including phenoxy) is 4. The lowest BCUT2D eigenvalue weighted by molar-refractivity contribution is -0.140. The molecule has 0 bridgehead atoms. The van der Waals surface area contributed by atoms with Crippen LogP contribution in [0, 0.1) is 41.5 Å². The number of esters is 2. The highest BCUT2D eigenvalue weighted by Crippen LogP contribution is 2.34. The Labute approximate surface area is 441 Å². The van der Waals surface area contributed by atoms with Crippen LogP contribution in [-0.4, -0.2) is 72.9 Å². The first-order chi connectivity index (χ1) is 33.7. The number of phenols is 1. The summed E-state index contributed by atoms with van der Waals surface area (Å²) in [6.07, 6.45) is 0.468. The van der Waals surface area contributed by atoms with Crippen LogP contribution in [0.3, 0.4) is 0 Å². The van der Waals surface area contributed by atoms with Crippen molar-refractivity contribution in [3.05, 3.63) is 142 Å². The Morgan fingerprint density at radius 2 is 0.778 bits per heavy atom. The maximum atomic E-state index is 11.4. The Kier molecular flexibility index (Phi) is 23.6. The number of carbonyl (C=O) groups is 3. The summed E-state index contributed by atoms with van der Waals surface area (Å²) in [7, 11) is 2.74. The number of phenolic OH excluding ortho intramolecular Hbond substituents is 1. The summed E-state index contributed by atoms with van der Waals surface area (Å²) in [5.41, 5.74) is 10.3. The van der Waals surface area contributed by atoms with Crippen LogP contribution in [-0.2, 0) is 43.1 Å². The van der Waals surface area contributed by atoms with E-state index in [1.54, 1.807) is 30.3 Å². The molecule has 0 aliphatic rings. The van der Waals surface area contributed by atoms with Crippen molar-refractivity contribution in [3.8, 4) is 29.0 Å². The van der Waals surface area contributed by atoms with Gasteiger partial charge in [-0.1, -0.05) is 124 Å². The van der Waals surface area contributed by atoms with Crippen molar-refractivity contribution in [2.24, 2.45) is 0 Å². The molecule has 6 rings (SSSR count). The number of halogens is 4. The molecule has 0 fully saturated rings. The minimum Gasteiger partial charge on any atom is -0.507 e. The van der Waals surface area contributed by atoms with Gasteiger partial charge in [0.05, 0.1) is 33.5 Å². The summed E-state index contributed by atoms with van der Waals surface area (Å²) < 4.78 is 21.1. The maximum absolute atomic E-state index is 11.4. The number of carboxylic acids is 1. The van der Waals surface area contributed by atoms with Crippen molar-refractivity contribution in [2.45, 2.75) is 120 Å². The first-order valence-electron chi connectivity index (χ1n) is 22.7. The van der Waals surface area contributed by atoms with E-state index in [2.05, 4.69) is 35.3 Å². The van der Waals surface area contributed by atoms with Gasteiger partial charge in [-0.15, -0.1) is 30.6 Å². The molecule has 2 N–H and O–H groups in total. The number of carboxylic acid groups (broad SMARTS) is 1. The third-order valence-electron chi connectivity index (χ3n) is 10.6. The number of benzene rings is 3. The number of methoxy groups -OCH3 is 2. The first kappa shape index (κ1) is 60.2. The van der Waals surface area contributed by atoms with Crippen molar-refractivity contribution in [3.63, 3.8) is 0 Å². The van der Waals surface area contributed by atoms with Gasteiger partial charge in [0.25, 0.3) is 0 Å². The van der Waals surface area contributed by atoms with Gasteiger partial charge < -0.3 is 29.2 Å². The van der Waals surface area contributed by atoms with Crippen LogP contribution in [0.1, 0.15) is 126 Å². The van der Waals surface area contributed by atoms with E-state index in [0.29, 0.717) is 55.5 Å². The van der Waals surface area contributed by atoms with E-state index in [-0.39, 0.29) is 43.0 Å². The Bertz CT molecular complexity index is 2790. The fourth-order valence-corrected chi connectivity index (χ4v) is 8.13. The number of aromatic nitrogens is 6. The third-order valence-corrected chi connectivity index (χ3v) is 11.7. The van der Waals surface area contributed by atoms with Gasteiger partial charge in [0, 0.05) is 12.1 Å². The SMILES string of the molecule is CC(C)c1cc(Cl)nnc1Cl.COC(=O)Cc1cc(C)c(O)c(C)c1.COC(=O)Cc1cc(C)c(Oc2cc(C(C)C)c(Cl)nn2)c(C)c1.Cc1cc(CC(=O)O)cc(C)c1Oc1cc(C(C)C)c(Cl)nn1. The lowest BCUT2D eigenvalue weighted by atomic mass is 10.0. The van der Waals surface area contributed by atoms with Crippen LogP contribution >= 0.6 is 46.4 Å². The van der Waals surface area contributed by atoms with Crippen molar-refractivity contribution < 1.29 is 43.5 Å². The van der Waals surface area contributed by atoms with Crippen molar-refractivity contribution in [1.82, 2.24) is 30.6 Å². The smallest absolute Gasteiger partial charge is 0.309 e. The molecule has 0 radical (unpaired) electrons. The molecule has 0 spiro atoms. The molecule has 3 aromatic carbocycles. The zero-order valence-corrected chi connectivity index (χ0v) is 46.0. The van der Waals surface area contributed by atoms with Gasteiger partial charge in [-0.3, -0.25) is 14.4 Å². The molecule has 3 heterocycles. The predicted molar refractivity (Wildman–Crippen MR) is 281 cm³/mol. The predicted octanol–water partition coefficient (Wildman–Crippen LogP) is 13.3. The second-order valence-electron chi connectivity index (χ2n) is 17.7. The summed E-state index contributed by atoms with van der Waals surface area (Å²) in [6, 6.07) is 16.3. The normalized spacial score (nSPS) is 10.6. The van der Waals surface area contributed by atoms with E-state index < -0.39 is 5.97 Å². The van der Waals surface area contributed by atoms with Crippen LogP contribution < -0.4 is 9.47 Å². The number of hydrogen-bond acceptors (Lipinski definition) is 14. The number of hydrogen-bond donors (Lipinski definition) is 2. The van der Waals surface area contributed by atoms with Gasteiger partial charge in [-0.05, 0) is 132 Å². The van der Waals surface area contributed by atoms with Gasteiger partial charge in [0.15, 0.2) is 20.6 Å². The van der Waals surface area contributed by atoms with E-state index in [9.17, 15) is 19.5 Å². The van der Waals surface area contributed by atoms with Crippen LogP contribution in [0.25, 0.3) is 0 Å². The molecular formula is C53H62Cl4N6O9. The number of aryl methyl sites for hydroxylation is 6. The first-order valence-corrected chi connectivity index (χ1v) is 24.2. The minimum atomic E-state index is -0.859. The average molecular weight is 1070 g/mol. The molecular weight excluding hydrogens is 1010 g/mol. The van der Waals surface area contributed by atoms with E-state index in [0.717, 1.165) is 66.8 Å². The molecule has 0 amide bonds. The fourth-order valence-electron chi connectivity index (χ4n) is 7.04. The van der Waals surface area contributed by atoms with E-state index in [1.165, 1.54) is 14.2 Å².